The van der Waals surface area contributed by atoms with E-state index in [1.807, 2.05) is 0 Å². The summed E-state index contributed by atoms with van der Waals surface area (Å²) in [5.74, 6) is 0.724. The molecule has 0 aromatic rings. The summed E-state index contributed by atoms with van der Waals surface area (Å²) in [4.78, 5) is 4.53. The van der Waals surface area contributed by atoms with Crippen LogP contribution in [0.1, 0.15) is 59.3 Å². The minimum Gasteiger partial charge on any atom is -0.312 e. The second-order valence-electron chi connectivity index (χ2n) is 5.90. The Labute approximate surface area is 94.3 Å². The highest BCUT2D eigenvalue weighted by Crippen LogP contribution is 2.30. The lowest BCUT2D eigenvalue weighted by atomic mass is 9.79. The molecule has 0 radical (unpaired) electrons. The number of hydrogen-bond acceptors (Lipinski definition) is 2. The second kappa shape index (κ2) is 5.64. The Morgan fingerprint density at radius 3 is 2.27 bits per heavy atom. The van der Waals surface area contributed by atoms with E-state index in [4.69, 9.17) is 5.73 Å². The summed E-state index contributed by atoms with van der Waals surface area (Å²) in [6.07, 6.45) is 7.91. The maximum Gasteiger partial charge on any atom is 0.0858 e. The van der Waals surface area contributed by atoms with Crippen molar-refractivity contribution in [3.63, 3.8) is 0 Å². The van der Waals surface area contributed by atoms with Crippen LogP contribution < -0.4 is 5.73 Å². The van der Waals surface area contributed by atoms with Crippen molar-refractivity contribution in [1.29, 1.82) is 0 Å². The van der Waals surface area contributed by atoms with E-state index < -0.39 is 0 Å². The highest BCUT2D eigenvalue weighted by molar-refractivity contribution is 5.87. The summed E-state index contributed by atoms with van der Waals surface area (Å²) in [5, 5.41) is 0. The highest BCUT2D eigenvalue weighted by atomic mass is 14.9. The van der Waals surface area contributed by atoms with Crippen LogP contribution in [0.25, 0.3) is 0 Å². The van der Waals surface area contributed by atoms with Crippen molar-refractivity contribution in [1.82, 2.24) is 0 Å². The molecule has 2 heteroatoms. The van der Waals surface area contributed by atoms with Gasteiger partial charge in [0.2, 0.25) is 0 Å². The van der Waals surface area contributed by atoms with Gasteiger partial charge in [0.1, 0.15) is 0 Å². The molecule has 0 amide bonds. The fourth-order valence-electron chi connectivity index (χ4n) is 2.43. The van der Waals surface area contributed by atoms with Gasteiger partial charge in [-0.25, -0.2) is 0 Å². The SMILES string of the molecule is CC(C)(C)C/C(=N\CN)C1CCCCC1. The average Bonchev–Trinajstić information content (AvgIpc) is 2.17. The Morgan fingerprint density at radius 2 is 1.80 bits per heavy atom. The van der Waals surface area contributed by atoms with Gasteiger partial charge in [-0.05, 0) is 30.6 Å². The standard InChI is InChI=1S/C13H26N2/c1-13(2,3)9-12(15-10-14)11-7-5-4-6-8-11/h11H,4-10,14H2,1-3H3/b15-12+. The van der Waals surface area contributed by atoms with Crippen LogP contribution in [-0.2, 0) is 0 Å². The molecule has 0 aromatic heterocycles. The zero-order valence-corrected chi connectivity index (χ0v) is 10.6. The molecule has 1 saturated carbocycles. The van der Waals surface area contributed by atoms with E-state index in [1.165, 1.54) is 37.8 Å². The lowest BCUT2D eigenvalue weighted by molar-refractivity contribution is 0.394. The highest BCUT2D eigenvalue weighted by Gasteiger charge is 2.23. The zero-order chi connectivity index (χ0) is 11.3. The third-order valence-electron chi connectivity index (χ3n) is 3.08. The lowest BCUT2D eigenvalue weighted by Gasteiger charge is -2.28. The average molecular weight is 210 g/mol. The maximum atomic E-state index is 5.57. The van der Waals surface area contributed by atoms with Gasteiger partial charge in [0.25, 0.3) is 0 Å². The van der Waals surface area contributed by atoms with Gasteiger partial charge < -0.3 is 5.73 Å². The first-order chi connectivity index (χ1) is 7.03. The maximum absolute atomic E-state index is 5.57. The van der Waals surface area contributed by atoms with Gasteiger partial charge in [-0.2, -0.15) is 0 Å². The summed E-state index contributed by atoms with van der Waals surface area (Å²) in [5.41, 5.74) is 7.29. The van der Waals surface area contributed by atoms with E-state index >= 15 is 0 Å². The van der Waals surface area contributed by atoms with Gasteiger partial charge in [-0.3, -0.25) is 4.99 Å². The number of aliphatic imine (C=N–C) groups is 1. The minimum absolute atomic E-state index is 0.339. The van der Waals surface area contributed by atoms with Crippen molar-refractivity contribution in [2.24, 2.45) is 22.1 Å². The number of nitrogens with zero attached hydrogens (tertiary/aromatic N) is 1. The Kier molecular flexibility index (Phi) is 4.78. The Bertz CT molecular complexity index is 207. The molecule has 2 nitrogen and oxygen atoms in total. The van der Waals surface area contributed by atoms with E-state index in [9.17, 15) is 0 Å². The third-order valence-corrected chi connectivity index (χ3v) is 3.08. The van der Waals surface area contributed by atoms with Crippen LogP contribution in [0.2, 0.25) is 0 Å². The van der Waals surface area contributed by atoms with Crippen molar-refractivity contribution in [3.8, 4) is 0 Å². The molecule has 0 aromatic carbocycles. The van der Waals surface area contributed by atoms with E-state index in [1.54, 1.807) is 0 Å². The molecular formula is C13H26N2. The number of rotatable bonds is 3. The van der Waals surface area contributed by atoms with Crippen LogP contribution >= 0.6 is 0 Å². The minimum atomic E-state index is 0.339. The fourth-order valence-corrected chi connectivity index (χ4v) is 2.43. The van der Waals surface area contributed by atoms with E-state index in [-0.39, 0.29) is 0 Å². The summed E-state index contributed by atoms with van der Waals surface area (Å²) in [6.45, 7) is 7.30. The molecule has 0 bridgehead atoms. The predicted molar refractivity (Wildman–Crippen MR) is 67.1 cm³/mol. The zero-order valence-electron chi connectivity index (χ0n) is 10.6. The predicted octanol–water partition coefficient (Wildman–Crippen LogP) is 3.36. The van der Waals surface area contributed by atoms with Gasteiger partial charge in [0, 0.05) is 5.71 Å². The van der Waals surface area contributed by atoms with Crippen molar-refractivity contribution >= 4 is 5.71 Å². The van der Waals surface area contributed by atoms with Gasteiger partial charge in [0.05, 0.1) is 6.67 Å². The van der Waals surface area contributed by atoms with Gasteiger partial charge in [-0.1, -0.05) is 40.0 Å². The summed E-state index contributed by atoms with van der Waals surface area (Å²) < 4.78 is 0. The van der Waals surface area contributed by atoms with E-state index in [0.29, 0.717) is 12.1 Å². The first-order valence-corrected chi connectivity index (χ1v) is 6.26. The molecule has 0 atom stereocenters. The molecule has 0 heterocycles. The van der Waals surface area contributed by atoms with E-state index in [2.05, 4.69) is 25.8 Å². The third kappa shape index (κ3) is 4.78. The summed E-state index contributed by atoms with van der Waals surface area (Å²) in [6, 6.07) is 0. The number of hydrogen-bond donors (Lipinski definition) is 1. The topological polar surface area (TPSA) is 38.4 Å². The molecule has 0 saturated heterocycles. The molecular weight excluding hydrogens is 184 g/mol. The first kappa shape index (κ1) is 12.7. The molecule has 15 heavy (non-hydrogen) atoms. The van der Waals surface area contributed by atoms with Crippen LogP contribution in [-0.4, -0.2) is 12.4 Å². The Balaban J connectivity index is 2.60. The lowest BCUT2D eigenvalue weighted by Crippen LogP contribution is -2.24. The van der Waals surface area contributed by atoms with E-state index in [0.717, 1.165) is 12.3 Å². The number of nitrogens with two attached hydrogens (primary N) is 1. The molecule has 1 aliphatic rings. The van der Waals surface area contributed by atoms with Crippen molar-refractivity contribution in [2.45, 2.75) is 59.3 Å². The quantitative estimate of drug-likeness (QED) is 0.713. The fraction of sp³-hybridized carbons (Fsp3) is 0.923. The van der Waals surface area contributed by atoms with Crippen molar-refractivity contribution in [3.05, 3.63) is 0 Å². The van der Waals surface area contributed by atoms with Crippen LogP contribution in [0.4, 0.5) is 0 Å². The summed E-state index contributed by atoms with van der Waals surface area (Å²) in [7, 11) is 0. The normalized spacial score (nSPS) is 20.7. The molecule has 2 N–H and O–H groups in total. The van der Waals surface area contributed by atoms with Crippen LogP contribution in [0.3, 0.4) is 0 Å². The molecule has 88 valence electrons. The Morgan fingerprint density at radius 1 is 1.20 bits per heavy atom. The molecule has 0 aliphatic heterocycles. The first-order valence-electron chi connectivity index (χ1n) is 6.26. The monoisotopic (exact) mass is 210 g/mol. The smallest absolute Gasteiger partial charge is 0.0858 e. The molecule has 1 fully saturated rings. The van der Waals surface area contributed by atoms with Gasteiger partial charge in [-0.15, -0.1) is 0 Å². The van der Waals surface area contributed by atoms with Crippen LogP contribution in [0.5, 0.6) is 0 Å². The van der Waals surface area contributed by atoms with Gasteiger partial charge >= 0.3 is 0 Å². The Hall–Kier alpha value is -0.370. The van der Waals surface area contributed by atoms with Crippen LogP contribution in [0.15, 0.2) is 4.99 Å². The largest absolute Gasteiger partial charge is 0.312 e. The molecule has 0 unspecified atom stereocenters. The summed E-state index contributed by atoms with van der Waals surface area (Å²) >= 11 is 0. The van der Waals surface area contributed by atoms with Gasteiger partial charge in [0.15, 0.2) is 0 Å². The second-order valence-corrected chi connectivity index (χ2v) is 5.90. The van der Waals surface area contributed by atoms with Crippen molar-refractivity contribution in [2.75, 3.05) is 6.67 Å². The molecule has 0 spiro atoms. The molecule has 1 rings (SSSR count). The molecule has 1 aliphatic carbocycles. The van der Waals surface area contributed by atoms with Crippen LogP contribution in [0, 0.1) is 11.3 Å². The van der Waals surface area contributed by atoms with Crippen molar-refractivity contribution < 1.29 is 0 Å².